The van der Waals surface area contributed by atoms with Crippen LogP contribution in [0.2, 0.25) is 0 Å². The van der Waals surface area contributed by atoms with Gasteiger partial charge in [0.2, 0.25) is 0 Å². The van der Waals surface area contributed by atoms with E-state index in [1.54, 1.807) is 18.2 Å². The number of anilines is 1. The molecule has 5 nitrogen and oxygen atoms in total. The van der Waals surface area contributed by atoms with Crippen molar-refractivity contribution in [2.45, 2.75) is 90.4 Å². The van der Waals surface area contributed by atoms with Crippen LogP contribution >= 0.6 is 0 Å². The molecule has 0 saturated carbocycles. The summed E-state index contributed by atoms with van der Waals surface area (Å²) < 4.78 is 5.15. The van der Waals surface area contributed by atoms with Crippen molar-refractivity contribution in [2.75, 3.05) is 11.9 Å². The van der Waals surface area contributed by atoms with E-state index in [2.05, 4.69) is 17.2 Å². The first kappa shape index (κ1) is 25.7. The molecule has 0 aliphatic rings. The van der Waals surface area contributed by atoms with E-state index in [4.69, 9.17) is 4.74 Å². The maximum absolute atomic E-state index is 12.2. The molecule has 2 N–H and O–H groups in total. The molecular weight excluding hydrogens is 400 g/mol. The van der Waals surface area contributed by atoms with Crippen LogP contribution in [0, 0.1) is 0 Å². The van der Waals surface area contributed by atoms with Gasteiger partial charge in [-0.15, -0.1) is 0 Å². The molecule has 0 unspecified atom stereocenters. The fourth-order valence-corrected chi connectivity index (χ4v) is 3.74. The van der Waals surface area contributed by atoms with E-state index in [1.165, 1.54) is 89.3 Å². The lowest BCUT2D eigenvalue weighted by Crippen LogP contribution is -2.16. The second-order valence-electron chi connectivity index (χ2n) is 8.50. The number of carbonyl (C=O) groups is 1. The summed E-state index contributed by atoms with van der Waals surface area (Å²) in [7, 11) is 0. The number of esters is 1. The van der Waals surface area contributed by atoms with Crippen LogP contribution < -0.4 is 15.6 Å². The minimum atomic E-state index is -0.537. The largest absolute Gasteiger partial charge is 0.417 e. The van der Waals surface area contributed by atoms with E-state index in [0.717, 1.165) is 18.7 Å². The average molecular weight is 441 g/mol. The van der Waals surface area contributed by atoms with Gasteiger partial charge in [-0.05, 0) is 42.8 Å². The molecule has 0 amide bonds. The van der Waals surface area contributed by atoms with Crippen LogP contribution in [-0.4, -0.2) is 17.5 Å². The minimum Gasteiger partial charge on any atom is -0.417 e. The van der Waals surface area contributed by atoms with E-state index < -0.39 is 11.5 Å². The van der Waals surface area contributed by atoms with Crippen LogP contribution in [0.4, 0.5) is 5.69 Å². The highest BCUT2D eigenvalue weighted by atomic mass is 16.5. The van der Waals surface area contributed by atoms with E-state index >= 15 is 0 Å². The SMILES string of the molecule is CCCCCCCCCCCCCCCNc1ccc(C(=O)Oc2ccc[nH]c2=O)cc1. The number of pyridine rings is 1. The Morgan fingerprint density at radius 2 is 1.38 bits per heavy atom. The molecule has 2 rings (SSSR count). The van der Waals surface area contributed by atoms with E-state index in [0.29, 0.717) is 5.56 Å². The van der Waals surface area contributed by atoms with Gasteiger partial charge in [0.25, 0.3) is 5.56 Å². The summed E-state index contributed by atoms with van der Waals surface area (Å²) in [5.41, 5.74) is 0.981. The molecular formula is C27H40N2O3. The number of hydrogen-bond donors (Lipinski definition) is 2. The second-order valence-corrected chi connectivity index (χ2v) is 8.50. The van der Waals surface area contributed by atoms with E-state index in [1.807, 2.05) is 12.1 Å². The highest BCUT2D eigenvalue weighted by Gasteiger charge is 2.10. The number of nitrogens with one attached hydrogen (secondary N) is 2. The van der Waals surface area contributed by atoms with Gasteiger partial charge in [-0.3, -0.25) is 4.79 Å². The lowest BCUT2D eigenvalue weighted by Gasteiger charge is -2.08. The van der Waals surface area contributed by atoms with E-state index in [9.17, 15) is 9.59 Å². The van der Waals surface area contributed by atoms with Crippen LogP contribution in [0.1, 0.15) is 101 Å². The zero-order valence-electron chi connectivity index (χ0n) is 19.7. The van der Waals surface area contributed by atoms with Crippen LogP contribution in [-0.2, 0) is 0 Å². The standard InChI is InChI=1S/C27H40N2O3/c1-2-3-4-5-6-7-8-9-10-11-12-13-14-21-28-24-19-17-23(18-20-24)27(31)32-25-16-15-22-29-26(25)30/h15-20,22,28H,2-14,21H2,1H3,(H,29,30). The molecule has 1 aromatic carbocycles. The third-order valence-corrected chi connectivity index (χ3v) is 5.71. The number of rotatable bonds is 17. The Bertz CT molecular complexity index is 814. The predicted octanol–water partition coefficient (Wildman–Crippen LogP) is 7.10. The van der Waals surface area contributed by atoms with Gasteiger partial charge in [0.05, 0.1) is 5.56 Å². The second kappa shape index (κ2) is 16.1. The maximum Gasteiger partial charge on any atom is 0.343 e. The molecule has 0 atom stereocenters. The maximum atomic E-state index is 12.2. The average Bonchev–Trinajstić information content (AvgIpc) is 2.81. The van der Waals surface area contributed by atoms with E-state index in [-0.39, 0.29) is 5.75 Å². The zero-order valence-corrected chi connectivity index (χ0v) is 19.7. The van der Waals surface area contributed by atoms with Crippen LogP contribution in [0.15, 0.2) is 47.4 Å². The molecule has 5 heteroatoms. The highest BCUT2D eigenvalue weighted by Crippen LogP contribution is 2.14. The van der Waals surface area contributed by atoms with Gasteiger partial charge in [0.15, 0.2) is 5.75 Å². The molecule has 0 bridgehead atoms. The summed E-state index contributed by atoms with van der Waals surface area (Å²) in [4.78, 5) is 26.3. The fourth-order valence-electron chi connectivity index (χ4n) is 3.74. The van der Waals surface area contributed by atoms with Crippen LogP contribution in [0.5, 0.6) is 5.75 Å². The third kappa shape index (κ3) is 10.7. The zero-order chi connectivity index (χ0) is 22.9. The predicted molar refractivity (Wildman–Crippen MR) is 133 cm³/mol. The lowest BCUT2D eigenvalue weighted by molar-refractivity contribution is 0.0732. The first-order valence-electron chi connectivity index (χ1n) is 12.4. The van der Waals surface area contributed by atoms with Crippen LogP contribution in [0.25, 0.3) is 0 Å². The number of aromatic nitrogens is 1. The van der Waals surface area contributed by atoms with Gasteiger partial charge >= 0.3 is 5.97 Å². The minimum absolute atomic E-state index is 0.00195. The van der Waals surface area contributed by atoms with Gasteiger partial charge in [-0.2, -0.15) is 0 Å². The Morgan fingerprint density at radius 1 is 0.812 bits per heavy atom. The van der Waals surface area contributed by atoms with Crippen molar-refractivity contribution in [3.8, 4) is 5.75 Å². The summed E-state index contributed by atoms with van der Waals surface area (Å²) >= 11 is 0. The van der Waals surface area contributed by atoms with Crippen molar-refractivity contribution in [3.63, 3.8) is 0 Å². The molecule has 1 aromatic heterocycles. The number of carbonyl (C=O) groups excluding carboxylic acids is 1. The Kier molecular flexibility index (Phi) is 13.0. The Morgan fingerprint density at radius 3 is 1.94 bits per heavy atom. The number of benzene rings is 1. The highest BCUT2D eigenvalue weighted by molar-refractivity contribution is 5.91. The van der Waals surface area contributed by atoms with Crippen molar-refractivity contribution in [1.29, 1.82) is 0 Å². The van der Waals surface area contributed by atoms with Gasteiger partial charge < -0.3 is 15.0 Å². The number of ether oxygens (including phenoxy) is 1. The quantitative estimate of drug-likeness (QED) is 0.203. The van der Waals surface area contributed by atoms with Gasteiger partial charge in [-0.1, -0.05) is 84.0 Å². The van der Waals surface area contributed by atoms with Crippen molar-refractivity contribution < 1.29 is 9.53 Å². The van der Waals surface area contributed by atoms with Crippen molar-refractivity contribution >= 4 is 11.7 Å². The third-order valence-electron chi connectivity index (χ3n) is 5.71. The van der Waals surface area contributed by atoms with Gasteiger partial charge in [0, 0.05) is 18.4 Å². The topological polar surface area (TPSA) is 71.2 Å². The van der Waals surface area contributed by atoms with Gasteiger partial charge in [0.1, 0.15) is 0 Å². The molecule has 0 aliphatic heterocycles. The molecule has 32 heavy (non-hydrogen) atoms. The van der Waals surface area contributed by atoms with Crippen molar-refractivity contribution in [1.82, 2.24) is 4.98 Å². The summed E-state index contributed by atoms with van der Waals surface area (Å²) in [6.45, 7) is 3.20. The molecule has 0 radical (unpaired) electrons. The summed E-state index contributed by atoms with van der Waals surface area (Å²) in [6.07, 6.45) is 19.1. The molecule has 0 fully saturated rings. The fraction of sp³-hybridized carbons (Fsp3) is 0.556. The normalized spacial score (nSPS) is 10.8. The number of hydrogen-bond acceptors (Lipinski definition) is 4. The number of aromatic amines is 1. The first-order valence-corrected chi connectivity index (χ1v) is 12.4. The van der Waals surface area contributed by atoms with Crippen molar-refractivity contribution in [3.05, 3.63) is 58.5 Å². The van der Waals surface area contributed by atoms with Crippen LogP contribution in [0.3, 0.4) is 0 Å². The monoisotopic (exact) mass is 440 g/mol. The molecule has 0 aliphatic carbocycles. The lowest BCUT2D eigenvalue weighted by atomic mass is 10.0. The molecule has 0 spiro atoms. The number of H-pyrrole nitrogens is 1. The smallest absolute Gasteiger partial charge is 0.343 e. The molecule has 0 saturated heterocycles. The Balaban J connectivity index is 1.49. The summed E-state index contributed by atoms with van der Waals surface area (Å²) in [5.74, 6) is -0.535. The Hall–Kier alpha value is -2.56. The summed E-state index contributed by atoms with van der Waals surface area (Å²) in [5, 5.41) is 3.40. The Labute approximate surface area is 193 Å². The van der Waals surface area contributed by atoms with Crippen molar-refractivity contribution in [2.24, 2.45) is 0 Å². The molecule has 2 aromatic rings. The molecule has 1 heterocycles. The van der Waals surface area contributed by atoms with Gasteiger partial charge in [-0.25, -0.2) is 4.79 Å². The molecule has 176 valence electrons. The first-order chi connectivity index (χ1) is 15.7. The number of unbranched alkanes of at least 4 members (excludes halogenated alkanes) is 12. The summed E-state index contributed by atoms with van der Waals surface area (Å²) in [6, 6.07) is 10.3.